The summed E-state index contributed by atoms with van der Waals surface area (Å²) in [4.78, 5) is 0. The van der Waals surface area contributed by atoms with E-state index in [0.717, 1.165) is 0 Å². The summed E-state index contributed by atoms with van der Waals surface area (Å²) in [5, 5.41) is -7.10. The second-order valence-electron chi connectivity index (χ2n) is 3.83. The van der Waals surface area contributed by atoms with Gasteiger partial charge in [0.15, 0.2) is 50.4 Å². The number of nitriles is 1. The Morgan fingerprint density at radius 1 is 0.645 bits per heavy atom. The minimum Gasteiger partial charge on any atom is -0.743 e. The molecule has 0 heterocycles. The van der Waals surface area contributed by atoms with Crippen LogP contribution >= 0.6 is 0 Å². The van der Waals surface area contributed by atoms with Crippen LogP contribution in [0.1, 0.15) is 0 Å². The van der Waals surface area contributed by atoms with Gasteiger partial charge in [-0.05, 0) is 0 Å². The fourth-order valence-corrected chi connectivity index (χ4v) is 0.601. The molecule has 0 fully saturated rings. The Balaban J connectivity index is -0.000000101. The molecule has 0 aromatic rings. The van der Waals surface area contributed by atoms with Gasteiger partial charge < -0.3 is 20.6 Å². The number of hydrogen-bond acceptors (Lipinski definition) is 10. The Labute approximate surface area is 182 Å². The van der Waals surface area contributed by atoms with Gasteiger partial charge in [0.05, 0.1) is 0 Å². The van der Waals surface area contributed by atoms with Gasteiger partial charge in [0.1, 0.15) is 0 Å². The van der Waals surface area contributed by atoms with E-state index in [2.05, 4.69) is 6.92 Å². The number of halogens is 9. The molecule has 0 aliphatic heterocycles. The van der Waals surface area contributed by atoms with Crippen LogP contribution in [0.25, 0.3) is 0 Å². The van der Waals surface area contributed by atoms with E-state index in [9.17, 15) is 78.4 Å². The van der Waals surface area contributed by atoms with Gasteiger partial charge in [-0.15, -0.1) is 6.07 Å². The van der Waals surface area contributed by atoms with Crippen molar-refractivity contribution in [2.24, 2.45) is 0 Å². The molecule has 0 radical (unpaired) electrons. The van der Waals surface area contributed by atoms with Crippen molar-refractivity contribution in [1.82, 2.24) is 0 Å². The molecular weight excluding hydrogens is 622 g/mol. The van der Waals surface area contributed by atoms with Crippen LogP contribution in [0.15, 0.2) is 0 Å². The van der Waals surface area contributed by atoms with E-state index in [-0.39, 0.29) is 19.5 Å². The maximum atomic E-state index is 11.4. The van der Waals surface area contributed by atoms with Crippen LogP contribution < -0.4 is 0 Å². The van der Waals surface area contributed by atoms with Crippen molar-refractivity contribution in [2.75, 3.05) is 20.0 Å². The fourth-order valence-electron chi connectivity index (χ4n) is 0.200. The molecule has 0 aliphatic rings. The summed E-state index contributed by atoms with van der Waals surface area (Å²) < 4.78 is 185. The molecule has 188 valence electrons. The maximum absolute atomic E-state index is 11.4. The number of hydrogen-bond donors (Lipinski definition) is 0. The molecule has 31 heavy (non-hydrogen) atoms. The predicted molar refractivity (Wildman–Crippen MR) is 72.8 cm³/mol. The zero-order valence-electron chi connectivity index (χ0n) is 13.9. The maximum Gasteiger partial charge on any atom is 4.00 e. The minimum absolute atomic E-state index is 0. The number of alkyl halides is 9. The van der Waals surface area contributed by atoms with Gasteiger partial charge in [-0.25, -0.2) is 43.7 Å². The van der Waals surface area contributed by atoms with E-state index in [1.165, 1.54) is 6.07 Å². The van der Waals surface area contributed by atoms with Crippen molar-refractivity contribution in [3.8, 4) is 6.07 Å². The Morgan fingerprint density at radius 2 is 0.742 bits per heavy atom. The van der Waals surface area contributed by atoms with Gasteiger partial charge in [0.25, 0.3) is 0 Å². The summed E-state index contributed by atoms with van der Waals surface area (Å²) in [5.74, 6) is 0. The minimum atomic E-state index is -5.81. The molecule has 0 aromatic heterocycles. The molecule has 0 rings (SSSR count). The summed E-state index contributed by atoms with van der Waals surface area (Å²) in [6.45, 7) is -4.63. The van der Waals surface area contributed by atoms with Gasteiger partial charge in [-0.1, -0.05) is 0 Å². The topological polar surface area (TPSA) is 195 Å². The molecule has 0 aromatic carbocycles. The van der Waals surface area contributed by atoms with Crippen molar-refractivity contribution in [3.05, 3.63) is 6.92 Å². The van der Waals surface area contributed by atoms with Gasteiger partial charge in [-0.3, -0.25) is 0 Å². The Hall–Kier alpha value is -0.917. The number of rotatable bonds is 6. The van der Waals surface area contributed by atoms with Crippen molar-refractivity contribution in [2.45, 2.75) is 15.8 Å². The third kappa shape index (κ3) is 17.3. The van der Waals surface area contributed by atoms with Gasteiger partial charge >= 0.3 is 35.2 Å². The fraction of sp³-hybridized carbons (Fsp3) is 0.750. The first kappa shape index (κ1) is 40.4. The number of nitrogens with zero attached hydrogens (tertiary/aromatic N) is 1. The summed E-state index contributed by atoms with van der Waals surface area (Å²) in [6.07, 6.45) is 0. The molecule has 0 N–H and O–H groups in total. The van der Waals surface area contributed by atoms with E-state index in [4.69, 9.17) is 5.26 Å². The van der Waals surface area contributed by atoms with Crippen LogP contribution in [-0.4, -0.2) is 74.7 Å². The Morgan fingerprint density at radius 3 is 0.742 bits per heavy atom. The van der Waals surface area contributed by atoms with Crippen molar-refractivity contribution < 1.29 is 97.9 Å². The van der Waals surface area contributed by atoms with Gasteiger partial charge in [0.2, 0.25) is 0 Å². The van der Waals surface area contributed by atoms with Gasteiger partial charge in [0, 0.05) is 0 Å². The molecule has 0 atom stereocenters. The average Bonchev–Trinajstić information content (AvgIpc) is 2.53. The molecule has 0 bridgehead atoms. The third-order valence-corrected chi connectivity index (χ3v) is 4.09. The zero-order chi connectivity index (χ0) is 25.8. The molecule has 0 amide bonds. The normalized spacial score (nSPS) is 12.2. The monoisotopic (exact) mass is 631 g/mol. The van der Waals surface area contributed by atoms with Crippen molar-refractivity contribution in [3.63, 3.8) is 0 Å². The third-order valence-electron chi connectivity index (χ3n) is 1.56. The van der Waals surface area contributed by atoms with Crippen LogP contribution in [0.4, 0.5) is 39.5 Å². The standard InChI is InChI=1S/3C2H3F3O3S.C2H2N.Ru/c3*3-1-2(4,5)9(6,7)8;1-2-3;/h3*1H2,(H,6,7,8);1H2;/q;;;-1;+4/p-3. The molecule has 0 unspecified atom stereocenters. The van der Waals surface area contributed by atoms with Crippen LogP contribution in [0, 0.1) is 18.3 Å². The summed E-state index contributed by atoms with van der Waals surface area (Å²) in [7, 11) is -17.4. The van der Waals surface area contributed by atoms with Crippen LogP contribution in [0.5, 0.6) is 0 Å². The van der Waals surface area contributed by atoms with E-state index in [1.54, 1.807) is 0 Å². The SMILES string of the molecule is O=S(=O)([O-])C(F)(F)CF.O=S(=O)([O-])C(F)(F)CF.O=S(=O)([O-])C(F)(F)CF.[CH2-]C#N.[Ru+4]. The van der Waals surface area contributed by atoms with E-state index >= 15 is 0 Å². The predicted octanol–water partition coefficient (Wildman–Crippen LogP) is 0.623. The van der Waals surface area contributed by atoms with Crippen LogP contribution in [0.2, 0.25) is 0 Å². The summed E-state index contributed by atoms with van der Waals surface area (Å²) >= 11 is 0. The van der Waals surface area contributed by atoms with Crippen molar-refractivity contribution in [1.29, 1.82) is 5.26 Å². The first-order valence-electron chi connectivity index (χ1n) is 5.69. The molecule has 0 spiro atoms. The molecule has 0 saturated heterocycles. The molecule has 0 saturated carbocycles. The van der Waals surface area contributed by atoms with Crippen LogP contribution in [0.3, 0.4) is 0 Å². The first-order valence-corrected chi connectivity index (χ1v) is 9.91. The second-order valence-corrected chi connectivity index (χ2v) is 8.35. The summed E-state index contributed by atoms with van der Waals surface area (Å²) in [6, 6.07) is 1.50. The zero-order valence-corrected chi connectivity index (χ0v) is 18.1. The molecule has 23 heteroatoms. The molecule has 10 nitrogen and oxygen atoms in total. The Bertz CT molecular complexity index is 752. The summed E-state index contributed by atoms with van der Waals surface area (Å²) in [5.41, 5.74) is 0. The molecule has 0 aliphatic carbocycles. The smallest absolute Gasteiger partial charge is 0.743 e. The van der Waals surface area contributed by atoms with Crippen LogP contribution in [-0.2, 0) is 49.8 Å². The second kappa shape index (κ2) is 15.0. The quantitative estimate of drug-likeness (QED) is 0.174. The van der Waals surface area contributed by atoms with E-state index in [1.807, 2.05) is 0 Å². The largest absolute Gasteiger partial charge is 4.00 e. The molecular formula is C8H8F9NO9RuS3. The van der Waals surface area contributed by atoms with Crippen molar-refractivity contribution >= 4 is 30.4 Å². The average molecular weight is 630 g/mol. The van der Waals surface area contributed by atoms with E-state index in [0.29, 0.717) is 0 Å². The Kier molecular flexibility index (Phi) is 19.6. The first-order chi connectivity index (χ1) is 12.8. The van der Waals surface area contributed by atoms with Gasteiger partial charge in [-0.2, -0.15) is 26.3 Å². The van der Waals surface area contributed by atoms with E-state index < -0.39 is 66.1 Å².